The average Bonchev–Trinajstić information content (AvgIpc) is 3.01. The third-order valence-electron chi connectivity index (χ3n) is 2.88. The second-order valence-corrected chi connectivity index (χ2v) is 4.76. The zero-order valence-electron chi connectivity index (χ0n) is 10.6. The van der Waals surface area contributed by atoms with Crippen molar-refractivity contribution in [1.29, 1.82) is 0 Å². The molecule has 0 aliphatic heterocycles. The number of phenolic OH excluding ortho intramolecular Hbond substituents is 1. The zero-order valence-corrected chi connectivity index (χ0v) is 11.5. The Hall–Kier alpha value is -2.47. The number of ether oxygens (including phenoxy) is 1. The van der Waals surface area contributed by atoms with E-state index in [4.69, 9.17) is 4.74 Å². The van der Waals surface area contributed by atoms with Crippen LogP contribution in [0.4, 0.5) is 0 Å². The van der Waals surface area contributed by atoms with Gasteiger partial charge in [-0.25, -0.2) is 15.0 Å². The van der Waals surface area contributed by atoms with E-state index < -0.39 is 0 Å². The number of hydrogen-bond donors (Lipinski definition) is 1. The van der Waals surface area contributed by atoms with Crippen molar-refractivity contribution in [3.8, 4) is 34.0 Å². The van der Waals surface area contributed by atoms with Gasteiger partial charge in [-0.15, -0.1) is 11.3 Å². The molecule has 20 heavy (non-hydrogen) atoms. The summed E-state index contributed by atoms with van der Waals surface area (Å²) in [4.78, 5) is 12.6. The number of benzene rings is 1. The first kappa shape index (κ1) is 12.6. The van der Waals surface area contributed by atoms with E-state index >= 15 is 0 Å². The summed E-state index contributed by atoms with van der Waals surface area (Å²) in [5.41, 5.74) is 4.59. The third kappa shape index (κ3) is 2.21. The first-order valence-electron chi connectivity index (χ1n) is 5.85. The SMILES string of the molecule is COc1ccc(-c2ncncc2-c2cscn2)c(O)c1. The molecule has 0 unspecified atom stereocenters. The van der Waals surface area contributed by atoms with E-state index in [0.29, 0.717) is 17.0 Å². The average molecular weight is 285 g/mol. The van der Waals surface area contributed by atoms with Crippen LogP contribution in [0.15, 0.2) is 41.6 Å². The number of aromatic nitrogens is 3. The van der Waals surface area contributed by atoms with Gasteiger partial charge < -0.3 is 9.84 Å². The van der Waals surface area contributed by atoms with Gasteiger partial charge in [0, 0.05) is 28.8 Å². The Morgan fingerprint density at radius 1 is 1.20 bits per heavy atom. The molecule has 1 N–H and O–H groups in total. The Bertz CT molecular complexity index is 729. The van der Waals surface area contributed by atoms with Crippen molar-refractivity contribution in [1.82, 2.24) is 15.0 Å². The second kappa shape index (κ2) is 5.26. The fourth-order valence-electron chi connectivity index (χ4n) is 1.92. The molecule has 100 valence electrons. The van der Waals surface area contributed by atoms with Crippen molar-refractivity contribution < 1.29 is 9.84 Å². The molecule has 6 heteroatoms. The van der Waals surface area contributed by atoms with Crippen LogP contribution in [0.5, 0.6) is 11.5 Å². The lowest BCUT2D eigenvalue weighted by molar-refractivity contribution is 0.408. The van der Waals surface area contributed by atoms with Crippen LogP contribution in [0, 0.1) is 0 Å². The topological polar surface area (TPSA) is 68.1 Å². The van der Waals surface area contributed by atoms with Gasteiger partial charge in [-0.1, -0.05) is 0 Å². The van der Waals surface area contributed by atoms with Crippen molar-refractivity contribution in [2.24, 2.45) is 0 Å². The summed E-state index contributed by atoms with van der Waals surface area (Å²) in [7, 11) is 1.56. The number of aromatic hydroxyl groups is 1. The van der Waals surface area contributed by atoms with Crippen LogP contribution in [-0.4, -0.2) is 27.2 Å². The molecule has 0 saturated heterocycles. The summed E-state index contributed by atoms with van der Waals surface area (Å²) in [6.45, 7) is 0. The van der Waals surface area contributed by atoms with Gasteiger partial charge in [0.2, 0.25) is 0 Å². The molecule has 0 fully saturated rings. The Balaban J connectivity index is 2.16. The Labute approximate surface area is 119 Å². The molecule has 3 aromatic rings. The molecular weight excluding hydrogens is 274 g/mol. The molecule has 0 amide bonds. The highest BCUT2D eigenvalue weighted by molar-refractivity contribution is 7.07. The maximum Gasteiger partial charge on any atom is 0.128 e. The lowest BCUT2D eigenvalue weighted by Crippen LogP contribution is -1.92. The smallest absolute Gasteiger partial charge is 0.128 e. The molecule has 0 atom stereocenters. The highest BCUT2D eigenvalue weighted by Gasteiger charge is 2.14. The fraction of sp³-hybridized carbons (Fsp3) is 0.0714. The van der Waals surface area contributed by atoms with Crippen LogP contribution >= 0.6 is 11.3 Å². The van der Waals surface area contributed by atoms with Crippen LogP contribution in [0.25, 0.3) is 22.5 Å². The number of phenols is 1. The summed E-state index contributed by atoms with van der Waals surface area (Å²) in [5, 5.41) is 12.1. The molecule has 5 nitrogen and oxygen atoms in total. The van der Waals surface area contributed by atoms with Gasteiger partial charge in [-0.2, -0.15) is 0 Å². The molecule has 0 aliphatic carbocycles. The zero-order chi connectivity index (χ0) is 13.9. The summed E-state index contributed by atoms with van der Waals surface area (Å²) in [6, 6.07) is 5.11. The van der Waals surface area contributed by atoms with Gasteiger partial charge >= 0.3 is 0 Å². The van der Waals surface area contributed by atoms with Crippen LogP contribution in [0.3, 0.4) is 0 Å². The quantitative estimate of drug-likeness (QED) is 0.801. The monoisotopic (exact) mass is 285 g/mol. The molecule has 0 bridgehead atoms. The standard InChI is InChI=1S/C14H11N3O2S/c1-19-9-2-3-10(13(18)4-9)14-11(5-15-7-16-14)12-6-20-8-17-12/h2-8,18H,1H3. The molecule has 2 heterocycles. The highest BCUT2D eigenvalue weighted by Crippen LogP contribution is 2.36. The highest BCUT2D eigenvalue weighted by atomic mass is 32.1. The molecular formula is C14H11N3O2S. The number of rotatable bonds is 3. The summed E-state index contributed by atoms with van der Waals surface area (Å²) in [5.74, 6) is 0.704. The summed E-state index contributed by atoms with van der Waals surface area (Å²) >= 11 is 1.50. The van der Waals surface area contributed by atoms with Crippen LogP contribution in [0.2, 0.25) is 0 Å². The normalized spacial score (nSPS) is 10.4. The van der Waals surface area contributed by atoms with Crippen LogP contribution in [-0.2, 0) is 0 Å². The fourth-order valence-corrected chi connectivity index (χ4v) is 2.47. The van der Waals surface area contributed by atoms with Gasteiger partial charge in [0.1, 0.15) is 17.8 Å². The number of nitrogens with zero attached hydrogens (tertiary/aromatic N) is 3. The molecule has 0 saturated carbocycles. The van der Waals surface area contributed by atoms with E-state index in [0.717, 1.165) is 11.3 Å². The van der Waals surface area contributed by atoms with E-state index in [1.54, 1.807) is 37.0 Å². The largest absolute Gasteiger partial charge is 0.507 e. The van der Waals surface area contributed by atoms with Crippen molar-refractivity contribution in [3.63, 3.8) is 0 Å². The predicted octanol–water partition coefficient (Wildman–Crippen LogP) is 2.98. The summed E-state index contributed by atoms with van der Waals surface area (Å²) < 4.78 is 5.08. The number of hydrogen-bond acceptors (Lipinski definition) is 6. The van der Waals surface area contributed by atoms with Crippen molar-refractivity contribution >= 4 is 11.3 Å². The number of methoxy groups -OCH3 is 1. The van der Waals surface area contributed by atoms with Crippen molar-refractivity contribution in [3.05, 3.63) is 41.6 Å². The van der Waals surface area contributed by atoms with Crippen molar-refractivity contribution in [2.45, 2.75) is 0 Å². The van der Waals surface area contributed by atoms with Crippen molar-refractivity contribution in [2.75, 3.05) is 7.11 Å². The Morgan fingerprint density at radius 2 is 2.10 bits per heavy atom. The minimum Gasteiger partial charge on any atom is -0.507 e. The molecule has 1 aromatic carbocycles. The van der Waals surface area contributed by atoms with E-state index in [2.05, 4.69) is 15.0 Å². The van der Waals surface area contributed by atoms with Gasteiger partial charge in [0.05, 0.1) is 24.0 Å². The Morgan fingerprint density at radius 3 is 2.80 bits per heavy atom. The van der Waals surface area contributed by atoms with Crippen LogP contribution < -0.4 is 4.74 Å². The number of thiazole rings is 1. The maximum atomic E-state index is 10.1. The Kier molecular flexibility index (Phi) is 3.30. The lowest BCUT2D eigenvalue weighted by atomic mass is 10.0. The molecule has 0 spiro atoms. The lowest BCUT2D eigenvalue weighted by Gasteiger charge is -2.09. The molecule has 2 aromatic heterocycles. The first-order chi connectivity index (χ1) is 9.79. The predicted molar refractivity (Wildman–Crippen MR) is 76.8 cm³/mol. The first-order valence-corrected chi connectivity index (χ1v) is 6.80. The van der Waals surface area contributed by atoms with E-state index in [1.165, 1.54) is 17.7 Å². The maximum absolute atomic E-state index is 10.1. The van der Waals surface area contributed by atoms with Crippen LogP contribution in [0.1, 0.15) is 0 Å². The minimum absolute atomic E-state index is 0.111. The van der Waals surface area contributed by atoms with Gasteiger partial charge in [0.15, 0.2) is 0 Å². The van der Waals surface area contributed by atoms with E-state index in [1.807, 2.05) is 5.38 Å². The molecule has 0 aliphatic rings. The third-order valence-corrected chi connectivity index (χ3v) is 3.47. The second-order valence-electron chi connectivity index (χ2n) is 4.04. The molecule has 0 radical (unpaired) electrons. The molecule has 3 rings (SSSR count). The minimum atomic E-state index is 0.111. The van der Waals surface area contributed by atoms with Gasteiger partial charge in [0.25, 0.3) is 0 Å². The van der Waals surface area contributed by atoms with E-state index in [9.17, 15) is 5.11 Å². The van der Waals surface area contributed by atoms with Gasteiger partial charge in [-0.3, -0.25) is 0 Å². The summed E-state index contributed by atoms with van der Waals surface area (Å²) in [6.07, 6.45) is 3.15. The van der Waals surface area contributed by atoms with E-state index in [-0.39, 0.29) is 5.75 Å². The van der Waals surface area contributed by atoms with Gasteiger partial charge in [-0.05, 0) is 12.1 Å².